The van der Waals surface area contributed by atoms with Crippen molar-refractivity contribution >= 4 is 6.21 Å². The average Bonchev–Trinajstić information content (AvgIpc) is 2.25. The predicted octanol–water partition coefficient (Wildman–Crippen LogP) is 1.27. The van der Waals surface area contributed by atoms with Crippen LogP contribution in [0.3, 0.4) is 0 Å². The lowest BCUT2D eigenvalue weighted by atomic mass is 10.2. The number of aliphatic hydroxyl groups is 1. The fraction of sp³-hybridized carbons (Fsp3) is 0.364. The summed E-state index contributed by atoms with van der Waals surface area (Å²) in [6.07, 6.45) is 1.72. The lowest BCUT2D eigenvalue weighted by molar-refractivity contribution is 0.120. The highest BCUT2D eigenvalue weighted by Crippen LogP contribution is 1.98. The lowest BCUT2D eigenvalue weighted by Crippen LogP contribution is -2.01. The first-order valence-corrected chi connectivity index (χ1v) is 4.64. The van der Waals surface area contributed by atoms with Gasteiger partial charge in [0.2, 0.25) is 0 Å². The number of aliphatic hydroxyl groups excluding tert-OH is 1. The van der Waals surface area contributed by atoms with E-state index in [1.54, 1.807) is 6.21 Å². The number of hydrogen-bond donors (Lipinski definition) is 1. The van der Waals surface area contributed by atoms with Gasteiger partial charge in [0.05, 0.1) is 26.4 Å². The molecule has 1 aromatic carbocycles. The van der Waals surface area contributed by atoms with E-state index in [1.807, 2.05) is 30.3 Å². The Morgan fingerprint density at radius 2 is 2.07 bits per heavy atom. The van der Waals surface area contributed by atoms with Crippen molar-refractivity contribution in [3.63, 3.8) is 0 Å². The number of hydrogen-bond acceptors (Lipinski definition) is 3. The largest absolute Gasteiger partial charge is 0.394 e. The summed E-state index contributed by atoms with van der Waals surface area (Å²) < 4.78 is 5.02. The minimum atomic E-state index is 0.0620. The summed E-state index contributed by atoms with van der Waals surface area (Å²) in [5.41, 5.74) is 1.19. The van der Waals surface area contributed by atoms with Crippen molar-refractivity contribution in [2.24, 2.45) is 4.99 Å². The third kappa shape index (κ3) is 4.74. The standard InChI is InChI=1S/C11H15NO2/c13-7-9-14-8-6-12-10-11-4-2-1-3-5-11/h1-6,13H,7-10H2. The van der Waals surface area contributed by atoms with E-state index in [9.17, 15) is 0 Å². The van der Waals surface area contributed by atoms with Crippen LogP contribution in [0.15, 0.2) is 35.3 Å². The average molecular weight is 193 g/mol. The molecule has 1 N–H and O–H groups in total. The van der Waals surface area contributed by atoms with Gasteiger partial charge in [-0.25, -0.2) is 0 Å². The normalized spacial score (nSPS) is 10.9. The van der Waals surface area contributed by atoms with Gasteiger partial charge in [0.25, 0.3) is 0 Å². The second-order valence-electron chi connectivity index (χ2n) is 2.81. The summed E-state index contributed by atoms with van der Waals surface area (Å²) in [7, 11) is 0. The van der Waals surface area contributed by atoms with Crippen LogP contribution in [0.2, 0.25) is 0 Å². The third-order valence-electron chi connectivity index (χ3n) is 1.67. The Bertz CT molecular complexity index is 259. The smallest absolute Gasteiger partial charge is 0.0815 e. The molecule has 0 aliphatic carbocycles. The molecule has 0 aromatic heterocycles. The highest BCUT2D eigenvalue weighted by Gasteiger charge is 1.86. The first kappa shape index (κ1) is 10.9. The molecule has 0 saturated heterocycles. The second-order valence-corrected chi connectivity index (χ2v) is 2.81. The molecule has 14 heavy (non-hydrogen) atoms. The number of aliphatic imine (C=N–C) groups is 1. The van der Waals surface area contributed by atoms with E-state index >= 15 is 0 Å². The van der Waals surface area contributed by atoms with Crippen LogP contribution in [-0.2, 0) is 11.3 Å². The van der Waals surface area contributed by atoms with Crippen molar-refractivity contribution in [2.75, 3.05) is 19.8 Å². The van der Waals surface area contributed by atoms with Crippen LogP contribution < -0.4 is 0 Å². The van der Waals surface area contributed by atoms with E-state index in [0.29, 0.717) is 19.8 Å². The number of rotatable bonds is 6. The summed E-state index contributed by atoms with van der Waals surface area (Å²) >= 11 is 0. The quantitative estimate of drug-likeness (QED) is 0.546. The van der Waals surface area contributed by atoms with E-state index in [0.717, 1.165) is 0 Å². The fourth-order valence-electron chi connectivity index (χ4n) is 1.01. The zero-order valence-corrected chi connectivity index (χ0v) is 8.10. The highest BCUT2D eigenvalue weighted by molar-refractivity contribution is 5.58. The lowest BCUT2D eigenvalue weighted by Gasteiger charge is -1.96. The van der Waals surface area contributed by atoms with E-state index in [4.69, 9.17) is 9.84 Å². The molecule has 0 radical (unpaired) electrons. The zero-order valence-electron chi connectivity index (χ0n) is 8.10. The van der Waals surface area contributed by atoms with Gasteiger partial charge in [-0.3, -0.25) is 4.99 Å². The summed E-state index contributed by atoms with van der Waals surface area (Å²) in [5, 5.41) is 8.43. The molecule has 0 saturated carbocycles. The van der Waals surface area contributed by atoms with E-state index in [-0.39, 0.29) is 6.61 Å². The SMILES string of the molecule is OCCOCC=NCc1ccccc1. The molecule has 1 rings (SSSR count). The van der Waals surface area contributed by atoms with Gasteiger partial charge in [-0.05, 0) is 5.56 Å². The van der Waals surface area contributed by atoms with Crippen LogP contribution in [0.1, 0.15) is 5.56 Å². The van der Waals surface area contributed by atoms with E-state index in [1.165, 1.54) is 5.56 Å². The molecule has 1 aromatic rings. The molecule has 0 heterocycles. The maximum absolute atomic E-state index is 8.43. The van der Waals surface area contributed by atoms with Crippen molar-refractivity contribution in [1.29, 1.82) is 0 Å². The van der Waals surface area contributed by atoms with Gasteiger partial charge in [0.15, 0.2) is 0 Å². The molecule has 0 amide bonds. The molecule has 0 bridgehead atoms. The van der Waals surface area contributed by atoms with Crippen molar-refractivity contribution in [2.45, 2.75) is 6.54 Å². The maximum Gasteiger partial charge on any atom is 0.0815 e. The monoisotopic (exact) mass is 193 g/mol. The molecule has 0 aliphatic rings. The number of ether oxygens (including phenoxy) is 1. The molecule has 76 valence electrons. The van der Waals surface area contributed by atoms with Crippen molar-refractivity contribution in [1.82, 2.24) is 0 Å². The summed E-state index contributed by atoms with van der Waals surface area (Å²) in [5.74, 6) is 0. The molecule has 3 nitrogen and oxygen atoms in total. The molecule has 0 unspecified atom stereocenters. The molecule has 3 heteroatoms. The second kappa shape index (κ2) is 7.24. The van der Waals surface area contributed by atoms with Gasteiger partial charge >= 0.3 is 0 Å². The minimum Gasteiger partial charge on any atom is -0.394 e. The highest BCUT2D eigenvalue weighted by atomic mass is 16.5. The van der Waals surface area contributed by atoms with Crippen LogP contribution in [0.5, 0.6) is 0 Å². The van der Waals surface area contributed by atoms with Crippen LogP contribution >= 0.6 is 0 Å². The first-order chi connectivity index (χ1) is 6.93. The summed E-state index contributed by atoms with van der Waals surface area (Å²) in [4.78, 5) is 4.18. The Morgan fingerprint density at radius 3 is 2.79 bits per heavy atom. The van der Waals surface area contributed by atoms with Crippen molar-refractivity contribution < 1.29 is 9.84 Å². The van der Waals surface area contributed by atoms with Gasteiger partial charge in [-0.15, -0.1) is 0 Å². The van der Waals surface area contributed by atoms with Crippen molar-refractivity contribution in [3.8, 4) is 0 Å². The maximum atomic E-state index is 8.43. The van der Waals surface area contributed by atoms with Crippen LogP contribution in [0.25, 0.3) is 0 Å². The van der Waals surface area contributed by atoms with E-state index in [2.05, 4.69) is 4.99 Å². The van der Waals surface area contributed by atoms with Crippen LogP contribution in [0, 0.1) is 0 Å². The Balaban J connectivity index is 2.14. The number of nitrogens with zero attached hydrogens (tertiary/aromatic N) is 1. The Hall–Kier alpha value is -1.19. The fourth-order valence-corrected chi connectivity index (χ4v) is 1.01. The molecular formula is C11H15NO2. The molecular weight excluding hydrogens is 178 g/mol. The molecule has 0 spiro atoms. The Labute approximate surface area is 84.1 Å². The van der Waals surface area contributed by atoms with Gasteiger partial charge < -0.3 is 9.84 Å². The van der Waals surface area contributed by atoms with Crippen LogP contribution in [-0.4, -0.2) is 31.1 Å². The van der Waals surface area contributed by atoms with E-state index < -0.39 is 0 Å². The Kier molecular flexibility index (Phi) is 5.63. The molecule has 0 atom stereocenters. The van der Waals surface area contributed by atoms with Crippen molar-refractivity contribution in [3.05, 3.63) is 35.9 Å². The topological polar surface area (TPSA) is 41.8 Å². The first-order valence-electron chi connectivity index (χ1n) is 4.64. The summed E-state index contributed by atoms with van der Waals surface area (Å²) in [6, 6.07) is 10.0. The van der Waals surface area contributed by atoms with Gasteiger partial charge in [-0.2, -0.15) is 0 Å². The van der Waals surface area contributed by atoms with Gasteiger partial charge in [-0.1, -0.05) is 30.3 Å². The minimum absolute atomic E-state index is 0.0620. The Morgan fingerprint density at radius 1 is 1.29 bits per heavy atom. The predicted molar refractivity (Wildman–Crippen MR) is 56.5 cm³/mol. The van der Waals surface area contributed by atoms with Gasteiger partial charge in [0.1, 0.15) is 0 Å². The van der Waals surface area contributed by atoms with Gasteiger partial charge in [0, 0.05) is 6.21 Å². The molecule has 0 fully saturated rings. The molecule has 0 aliphatic heterocycles. The third-order valence-corrected chi connectivity index (χ3v) is 1.67. The summed E-state index contributed by atoms with van der Waals surface area (Å²) in [6.45, 7) is 1.58. The number of benzene rings is 1. The van der Waals surface area contributed by atoms with Crippen LogP contribution in [0.4, 0.5) is 0 Å². The zero-order chi connectivity index (χ0) is 10.1.